The van der Waals surface area contributed by atoms with Crippen LogP contribution in [0.2, 0.25) is 0 Å². The van der Waals surface area contributed by atoms with E-state index in [1.54, 1.807) is 0 Å². The zero-order chi connectivity index (χ0) is 12.3. The van der Waals surface area contributed by atoms with E-state index in [1.807, 2.05) is 0 Å². The number of piperidine rings is 1. The van der Waals surface area contributed by atoms with Gasteiger partial charge in [-0.15, -0.1) is 0 Å². The zero-order valence-corrected chi connectivity index (χ0v) is 9.68. The standard InChI is InChI=1S/C13H17F2NO/c14-11-2-1-10(12(15)7-11)8-13(9-17)3-5-16-6-4-13/h1-2,7,16-17H,3-6,8-9H2. The van der Waals surface area contributed by atoms with E-state index in [-0.39, 0.29) is 12.0 Å². The van der Waals surface area contributed by atoms with Crippen LogP contribution in [-0.4, -0.2) is 24.8 Å². The van der Waals surface area contributed by atoms with Gasteiger partial charge in [0.15, 0.2) is 0 Å². The first-order valence-electron chi connectivity index (χ1n) is 5.91. The smallest absolute Gasteiger partial charge is 0.129 e. The van der Waals surface area contributed by atoms with Gasteiger partial charge in [0.1, 0.15) is 11.6 Å². The molecule has 0 unspecified atom stereocenters. The van der Waals surface area contributed by atoms with Crippen molar-refractivity contribution in [1.82, 2.24) is 5.32 Å². The number of aliphatic hydroxyl groups is 1. The summed E-state index contributed by atoms with van der Waals surface area (Å²) in [6, 6.07) is 3.65. The van der Waals surface area contributed by atoms with Gasteiger partial charge in [-0.2, -0.15) is 0 Å². The molecule has 1 aliphatic rings. The largest absolute Gasteiger partial charge is 0.396 e. The van der Waals surface area contributed by atoms with Gasteiger partial charge in [0.25, 0.3) is 0 Å². The maximum atomic E-state index is 13.6. The van der Waals surface area contributed by atoms with Gasteiger partial charge in [-0.05, 0) is 49.4 Å². The van der Waals surface area contributed by atoms with Gasteiger partial charge >= 0.3 is 0 Å². The van der Waals surface area contributed by atoms with E-state index in [0.29, 0.717) is 12.0 Å². The number of nitrogens with one attached hydrogen (secondary N) is 1. The molecule has 1 aliphatic heterocycles. The quantitative estimate of drug-likeness (QED) is 0.846. The SMILES string of the molecule is OCC1(Cc2ccc(F)cc2F)CCNCC1. The van der Waals surface area contributed by atoms with E-state index in [9.17, 15) is 13.9 Å². The van der Waals surface area contributed by atoms with Crippen molar-refractivity contribution in [2.45, 2.75) is 19.3 Å². The van der Waals surface area contributed by atoms with Gasteiger partial charge in [-0.1, -0.05) is 6.07 Å². The Bertz CT molecular complexity index is 389. The Morgan fingerprint density at radius 2 is 1.94 bits per heavy atom. The van der Waals surface area contributed by atoms with Gasteiger partial charge in [0, 0.05) is 12.7 Å². The molecule has 0 spiro atoms. The molecule has 1 saturated heterocycles. The van der Waals surface area contributed by atoms with Gasteiger partial charge in [0.2, 0.25) is 0 Å². The van der Waals surface area contributed by atoms with Gasteiger partial charge in [-0.3, -0.25) is 0 Å². The van der Waals surface area contributed by atoms with Crippen LogP contribution in [0.25, 0.3) is 0 Å². The Morgan fingerprint density at radius 3 is 2.53 bits per heavy atom. The molecule has 0 radical (unpaired) electrons. The van der Waals surface area contributed by atoms with Crippen molar-refractivity contribution in [3.8, 4) is 0 Å². The molecule has 0 amide bonds. The van der Waals surface area contributed by atoms with Gasteiger partial charge < -0.3 is 10.4 Å². The van der Waals surface area contributed by atoms with Crippen LogP contribution in [0.3, 0.4) is 0 Å². The molecule has 0 saturated carbocycles. The Balaban J connectivity index is 2.17. The van der Waals surface area contributed by atoms with Crippen LogP contribution in [0, 0.1) is 17.0 Å². The summed E-state index contributed by atoms with van der Waals surface area (Å²) in [4.78, 5) is 0. The molecule has 94 valence electrons. The molecular weight excluding hydrogens is 224 g/mol. The molecule has 1 aromatic rings. The Kier molecular flexibility index (Phi) is 3.74. The molecule has 1 fully saturated rings. The average molecular weight is 241 g/mol. The number of hydrogen-bond acceptors (Lipinski definition) is 2. The summed E-state index contributed by atoms with van der Waals surface area (Å²) in [7, 11) is 0. The van der Waals surface area contributed by atoms with Crippen molar-refractivity contribution in [3.05, 3.63) is 35.4 Å². The maximum Gasteiger partial charge on any atom is 0.129 e. The second-order valence-electron chi connectivity index (χ2n) is 4.82. The monoisotopic (exact) mass is 241 g/mol. The molecule has 1 heterocycles. The van der Waals surface area contributed by atoms with E-state index >= 15 is 0 Å². The predicted molar refractivity (Wildman–Crippen MR) is 61.7 cm³/mol. The molecule has 2 nitrogen and oxygen atoms in total. The average Bonchev–Trinajstić information content (AvgIpc) is 2.34. The highest BCUT2D eigenvalue weighted by Gasteiger charge is 2.32. The van der Waals surface area contributed by atoms with Crippen LogP contribution in [0.15, 0.2) is 18.2 Å². The number of aliphatic hydroxyl groups excluding tert-OH is 1. The minimum absolute atomic E-state index is 0.0471. The van der Waals surface area contributed by atoms with E-state index in [2.05, 4.69) is 5.32 Å². The summed E-state index contributed by atoms with van der Waals surface area (Å²) in [6.07, 6.45) is 2.11. The number of rotatable bonds is 3. The molecular formula is C13H17F2NO. The molecule has 0 aliphatic carbocycles. The van der Waals surface area contributed by atoms with Crippen molar-refractivity contribution >= 4 is 0 Å². The fraction of sp³-hybridized carbons (Fsp3) is 0.538. The van der Waals surface area contributed by atoms with Crippen molar-refractivity contribution in [2.24, 2.45) is 5.41 Å². The lowest BCUT2D eigenvalue weighted by atomic mass is 9.75. The Hall–Kier alpha value is -1.00. The van der Waals surface area contributed by atoms with Crippen LogP contribution in [-0.2, 0) is 6.42 Å². The first-order valence-corrected chi connectivity index (χ1v) is 5.91. The summed E-state index contributed by atoms with van der Waals surface area (Å²) in [5.41, 5.74) is 0.228. The third kappa shape index (κ3) is 2.82. The van der Waals surface area contributed by atoms with E-state index in [1.165, 1.54) is 12.1 Å². The topological polar surface area (TPSA) is 32.3 Å². The van der Waals surface area contributed by atoms with Crippen molar-refractivity contribution in [1.29, 1.82) is 0 Å². The van der Waals surface area contributed by atoms with Gasteiger partial charge in [0.05, 0.1) is 0 Å². The third-order valence-electron chi connectivity index (χ3n) is 3.58. The first-order chi connectivity index (χ1) is 8.15. The van der Waals surface area contributed by atoms with Crippen LogP contribution < -0.4 is 5.32 Å². The minimum Gasteiger partial charge on any atom is -0.396 e. The maximum absolute atomic E-state index is 13.6. The molecule has 0 atom stereocenters. The van der Waals surface area contributed by atoms with Crippen molar-refractivity contribution in [3.63, 3.8) is 0 Å². The summed E-state index contributed by atoms with van der Waals surface area (Å²) in [5.74, 6) is -1.08. The fourth-order valence-corrected chi connectivity index (χ4v) is 2.42. The third-order valence-corrected chi connectivity index (χ3v) is 3.58. The van der Waals surface area contributed by atoms with Crippen molar-refractivity contribution in [2.75, 3.05) is 19.7 Å². The molecule has 2 N–H and O–H groups in total. The molecule has 0 bridgehead atoms. The molecule has 2 rings (SSSR count). The van der Waals surface area contributed by atoms with E-state index in [0.717, 1.165) is 32.0 Å². The first kappa shape index (κ1) is 12.5. The summed E-state index contributed by atoms with van der Waals surface area (Å²) >= 11 is 0. The Morgan fingerprint density at radius 1 is 1.24 bits per heavy atom. The van der Waals surface area contributed by atoms with Crippen LogP contribution in [0.1, 0.15) is 18.4 Å². The fourth-order valence-electron chi connectivity index (χ4n) is 2.42. The van der Waals surface area contributed by atoms with E-state index < -0.39 is 11.6 Å². The number of hydrogen-bond donors (Lipinski definition) is 2. The highest BCUT2D eigenvalue weighted by molar-refractivity contribution is 5.20. The molecule has 4 heteroatoms. The minimum atomic E-state index is -0.561. The number of benzene rings is 1. The summed E-state index contributed by atoms with van der Waals surface area (Å²) in [6.45, 7) is 1.72. The zero-order valence-electron chi connectivity index (χ0n) is 9.68. The molecule has 0 aromatic heterocycles. The lowest BCUT2D eigenvalue weighted by molar-refractivity contribution is 0.0884. The normalized spacial score (nSPS) is 19.2. The lowest BCUT2D eigenvalue weighted by Crippen LogP contribution is -2.40. The Labute approximate surface area is 99.7 Å². The molecule has 17 heavy (non-hydrogen) atoms. The second-order valence-corrected chi connectivity index (χ2v) is 4.82. The highest BCUT2D eigenvalue weighted by Crippen LogP contribution is 2.33. The summed E-state index contributed by atoms with van der Waals surface area (Å²) < 4.78 is 26.4. The highest BCUT2D eigenvalue weighted by atomic mass is 19.1. The lowest BCUT2D eigenvalue weighted by Gasteiger charge is -2.36. The number of halogens is 2. The predicted octanol–water partition coefficient (Wildman–Crippen LogP) is 1.87. The van der Waals surface area contributed by atoms with Crippen LogP contribution in [0.4, 0.5) is 8.78 Å². The second kappa shape index (κ2) is 5.10. The van der Waals surface area contributed by atoms with Crippen LogP contribution in [0.5, 0.6) is 0 Å². The van der Waals surface area contributed by atoms with E-state index in [4.69, 9.17) is 0 Å². The van der Waals surface area contributed by atoms with Crippen molar-refractivity contribution < 1.29 is 13.9 Å². The summed E-state index contributed by atoms with van der Waals surface area (Å²) in [5, 5.41) is 12.7. The van der Waals surface area contributed by atoms with Gasteiger partial charge in [-0.25, -0.2) is 8.78 Å². The molecule has 1 aromatic carbocycles. The van der Waals surface area contributed by atoms with Crippen LogP contribution >= 0.6 is 0 Å².